The van der Waals surface area contributed by atoms with Gasteiger partial charge in [-0.15, -0.1) is 0 Å². The minimum atomic E-state index is -0.943. The number of carboxylic acids is 1. The molecule has 1 unspecified atom stereocenters. The zero-order valence-corrected chi connectivity index (χ0v) is 21.6. The lowest BCUT2D eigenvalue weighted by Crippen LogP contribution is -2.32. The Morgan fingerprint density at radius 2 is 1.79 bits per heavy atom. The van der Waals surface area contributed by atoms with Crippen molar-refractivity contribution < 1.29 is 19.4 Å². The normalized spacial score (nSPS) is 13.3. The smallest absolute Gasteiger partial charge is 0.336 e. The molecule has 7 heteroatoms. The number of amides is 1. The highest BCUT2D eigenvalue weighted by Crippen LogP contribution is 2.34. The minimum absolute atomic E-state index is 0.182. The predicted molar refractivity (Wildman–Crippen MR) is 149 cm³/mol. The molecular weight excluding hydrogens is 500 g/mol. The van der Waals surface area contributed by atoms with E-state index in [9.17, 15) is 14.7 Å². The average molecular weight is 527 g/mol. The van der Waals surface area contributed by atoms with Crippen LogP contribution in [0.2, 0.25) is 5.02 Å². The summed E-state index contributed by atoms with van der Waals surface area (Å²) in [5.41, 5.74) is 5.31. The Hall–Kier alpha value is -4.29. The second-order valence-corrected chi connectivity index (χ2v) is 9.69. The van der Waals surface area contributed by atoms with E-state index >= 15 is 0 Å². The van der Waals surface area contributed by atoms with Crippen molar-refractivity contribution in [2.45, 2.75) is 19.5 Å². The van der Waals surface area contributed by atoms with Gasteiger partial charge >= 0.3 is 5.97 Å². The molecule has 4 aromatic carbocycles. The van der Waals surface area contributed by atoms with Gasteiger partial charge in [0.05, 0.1) is 23.8 Å². The molecule has 0 spiro atoms. The maximum atomic E-state index is 12.9. The van der Waals surface area contributed by atoms with Crippen LogP contribution in [0.3, 0.4) is 0 Å². The van der Waals surface area contributed by atoms with Gasteiger partial charge in [0.1, 0.15) is 12.4 Å². The SMILES string of the molecule is CC(NC(=O)c1ccc2c(c1)OCCN2Cc1ccc(-c2ccccc2C(=O)O)cc1)c1cccc(Cl)c1. The first kappa shape index (κ1) is 25.4. The van der Waals surface area contributed by atoms with Gasteiger partial charge in [-0.1, -0.05) is 66.2 Å². The van der Waals surface area contributed by atoms with Crippen molar-refractivity contribution in [2.75, 3.05) is 18.1 Å². The summed E-state index contributed by atoms with van der Waals surface area (Å²) in [6, 6.07) is 27.7. The molecular formula is C31H27ClN2O4. The molecule has 2 N–H and O–H groups in total. The van der Waals surface area contributed by atoms with Crippen LogP contribution in [-0.4, -0.2) is 30.1 Å². The molecule has 1 aliphatic rings. The molecule has 38 heavy (non-hydrogen) atoms. The van der Waals surface area contributed by atoms with Crippen LogP contribution in [0, 0.1) is 0 Å². The van der Waals surface area contributed by atoms with Crippen LogP contribution < -0.4 is 15.0 Å². The summed E-state index contributed by atoms with van der Waals surface area (Å²) in [5.74, 6) is -0.453. The molecule has 0 saturated carbocycles. The predicted octanol–water partition coefficient (Wildman–Crippen LogP) is 6.60. The number of nitrogens with one attached hydrogen (secondary N) is 1. The number of fused-ring (bicyclic) bond motifs is 1. The molecule has 1 aliphatic heterocycles. The third kappa shape index (κ3) is 5.50. The van der Waals surface area contributed by atoms with Crippen molar-refractivity contribution in [3.05, 3.63) is 118 Å². The quantitative estimate of drug-likeness (QED) is 0.284. The van der Waals surface area contributed by atoms with E-state index < -0.39 is 5.97 Å². The van der Waals surface area contributed by atoms with Crippen LogP contribution in [0.15, 0.2) is 91.0 Å². The Morgan fingerprint density at radius 1 is 1.00 bits per heavy atom. The van der Waals surface area contributed by atoms with Gasteiger partial charge in [0.25, 0.3) is 5.91 Å². The lowest BCUT2D eigenvalue weighted by molar-refractivity contribution is 0.0697. The summed E-state index contributed by atoms with van der Waals surface area (Å²) in [5, 5.41) is 13.2. The first-order valence-electron chi connectivity index (χ1n) is 12.4. The number of nitrogens with zero attached hydrogens (tertiary/aromatic N) is 1. The fourth-order valence-corrected chi connectivity index (χ4v) is 4.85. The highest BCUT2D eigenvalue weighted by molar-refractivity contribution is 6.30. The lowest BCUT2D eigenvalue weighted by atomic mass is 9.98. The van der Waals surface area contributed by atoms with E-state index in [0.717, 1.165) is 22.4 Å². The van der Waals surface area contributed by atoms with Crippen molar-refractivity contribution in [1.29, 1.82) is 0 Å². The number of hydrogen-bond acceptors (Lipinski definition) is 4. The molecule has 0 aromatic heterocycles. The molecule has 1 atom stereocenters. The summed E-state index contributed by atoms with van der Waals surface area (Å²) < 4.78 is 5.91. The van der Waals surface area contributed by atoms with Crippen LogP contribution in [0.1, 0.15) is 44.8 Å². The maximum absolute atomic E-state index is 12.9. The number of benzene rings is 4. The summed E-state index contributed by atoms with van der Waals surface area (Å²) in [6.45, 7) is 3.81. The Bertz CT molecular complexity index is 1490. The lowest BCUT2D eigenvalue weighted by Gasteiger charge is -2.31. The minimum Gasteiger partial charge on any atom is -0.490 e. The standard InChI is InChI=1S/C31H27ClN2O4/c1-20(23-5-4-6-25(32)17-23)33-30(35)24-13-14-28-29(18-24)38-16-15-34(28)19-21-9-11-22(12-10-21)26-7-2-3-8-27(26)31(36)37/h2-14,17-18,20H,15-16,19H2,1H3,(H,33,35)(H,36,37). The van der Waals surface area contributed by atoms with E-state index in [1.54, 1.807) is 24.3 Å². The number of carbonyl (C=O) groups is 2. The molecule has 0 saturated heterocycles. The van der Waals surface area contributed by atoms with Crippen molar-refractivity contribution in [1.82, 2.24) is 5.32 Å². The molecule has 5 rings (SSSR count). The number of carboxylic acid groups (broad SMARTS) is 1. The van der Waals surface area contributed by atoms with Gasteiger partial charge in [-0.05, 0) is 65.6 Å². The van der Waals surface area contributed by atoms with Crippen LogP contribution in [0.4, 0.5) is 5.69 Å². The summed E-state index contributed by atoms with van der Waals surface area (Å²) in [7, 11) is 0. The molecule has 1 heterocycles. The molecule has 6 nitrogen and oxygen atoms in total. The van der Waals surface area contributed by atoms with Crippen LogP contribution in [-0.2, 0) is 6.54 Å². The number of hydrogen-bond donors (Lipinski definition) is 2. The van der Waals surface area contributed by atoms with Crippen molar-refractivity contribution >= 4 is 29.2 Å². The first-order chi connectivity index (χ1) is 18.4. The van der Waals surface area contributed by atoms with Gasteiger partial charge < -0.3 is 20.1 Å². The Labute approximate surface area is 226 Å². The molecule has 0 aliphatic carbocycles. The van der Waals surface area contributed by atoms with Crippen LogP contribution in [0.5, 0.6) is 5.75 Å². The van der Waals surface area contributed by atoms with E-state index in [-0.39, 0.29) is 17.5 Å². The van der Waals surface area contributed by atoms with Gasteiger partial charge in [-0.2, -0.15) is 0 Å². The summed E-state index contributed by atoms with van der Waals surface area (Å²) in [4.78, 5) is 26.7. The van der Waals surface area contributed by atoms with Crippen LogP contribution >= 0.6 is 11.6 Å². The zero-order chi connectivity index (χ0) is 26.6. The van der Waals surface area contributed by atoms with Gasteiger partial charge in [0.2, 0.25) is 0 Å². The maximum Gasteiger partial charge on any atom is 0.336 e. The van der Waals surface area contributed by atoms with E-state index in [4.69, 9.17) is 16.3 Å². The number of anilines is 1. The fourth-order valence-electron chi connectivity index (χ4n) is 4.65. The number of rotatable bonds is 7. The largest absolute Gasteiger partial charge is 0.490 e. The molecule has 0 fully saturated rings. The van der Waals surface area contributed by atoms with Crippen molar-refractivity contribution in [2.24, 2.45) is 0 Å². The highest BCUT2D eigenvalue weighted by atomic mass is 35.5. The topological polar surface area (TPSA) is 78.9 Å². The van der Waals surface area contributed by atoms with E-state index in [1.807, 2.05) is 73.7 Å². The molecule has 192 valence electrons. The third-order valence-electron chi connectivity index (χ3n) is 6.67. The number of ether oxygens (including phenoxy) is 1. The number of halogens is 1. The average Bonchev–Trinajstić information content (AvgIpc) is 2.93. The van der Waals surface area contributed by atoms with Crippen LogP contribution in [0.25, 0.3) is 11.1 Å². The van der Waals surface area contributed by atoms with E-state index in [2.05, 4.69) is 10.2 Å². The van der Waals surface area contributed by atoms with E-state index in [0.29, 0.717) is 41.6 Å². The first-order valence-corrected chi connectivity index (χ1v) is 12.8. The summed E-state index contributed by atoms with van der Waals surface area (Å²) >= 11 is 6.09. The molecule has 0 bridgehead atoms. The van der Waals surface area contributed by atoms with Crippen molar-refractivity contribution in [3.8, 4) is 16.9 Å². The fraction of sp³-hybridized carbons (Fsp3) is 0.161. The molecule has 0 radical (unpaired) electrons. The Kier molecular flexibility index (Phi) is 7.33. The van der Waals surface area contributed by atoms with Gasteiger partial charge in [0, 0.05) is 17.1 Å². The Balaban J connectivity index is 1.29. The monoisotopic (exact) mass is 526 g/mol. The van der Waals surface area contributed by atoms with Crippen molar-refractivity contribution in [3.63, 3.8) is 0 Å². The third-order valence-corrected chi connectivity index (χ3v) is 6.91. The molecule has 1 amide bonds. The molecule has 4 aromatic rings. The number of carbonyl (C=O) groups excluding carboxylic acids is 1. The van der Waals surface area contributed by atoms with Gasteiger partial charge in [0.15, 0.2) is 0 Å². The second-order valence-electron chi connectivity index (χ2n) is 9.25. The Morgan fingerprint density at radius 3 is 2.55 bits per heavy atom. The van der Waals surface area contributed by atoms with Gasteiger partial charge in [-0.3, -0.25) is 4.79 Å². The zero-order valence-electron chi connectivity index (χ0n) is 20.9. The van der Waals surface area contributed by atoms with E-state index in [1.165, 1.54) is 0 Å². The van der Waals surface area contributed by atoms with Gasteiger partial charge in [-0.25, -0.2) is 4.79 Å². The second kappa shape index (κ2) is 11.0. The number of aromatic carboxylic acids is 1. The highest BCUT2D eigenvalue weighted by Gasteiger charge is 2.21. The summed E-state index contributed by atoms with van der Waals surface area (Å²) in [6.07, 6.45) is 0.